The van der Waals surface area contributed by atoms with Gasteiger partial charge in [-0.15, -0.1) is 0 Å². The molecule has 0 saturated heterocycles. The van der Waals surface area contributed by atoms with Gasteiger partial charge < -0.3 is 14.2 Å². The fourth-order valence-electron chi connectivity index (χ4n) is 2.08. The predicted molar refractivity (Wildman–Crippen MR) is 105 cm³/mol. The highest BCUT2D eigenvalue weighted by atomic mass is 32.2. The maximum Gasteiger partial charge on any atom is 0.195 e. The van der Waals surface area contributed by atoms with E-state index < -0.39 is 17.5 Å². The molecule has 0 radical (unpaired) electrons. The van der Waals surface area contributed by atoms with Gasteiger partial charge >= 0.3 is 0 Å². The van der Waals surface area contributed by atoms with Crippen LogP contribution < -0.4 is 0 Å². The maximum atomic E-state index is 11.9. The summed E-state index contributed by atoms with van der Waals surface area (Å²) in [7, 11) is 0. The van der Waals surface area contributed by atoms with Crippen molar-refractivity contribution in [2.45, 2.75) is 13.0 Å². The smallest absolute Gasteiger partial charge is 0.195 e. The number of carbonyl (C=O) groups is 1. The van der Waals surface area contributed by atoms with Crippen molar-refractivity contribution in [1.82, 2.24) is 0 Å². The molecule has 3 rings (SSSR count). The van der Waals surface area contributed by atoms with Crippen LogP contribution in [-0.4, -0.2) is 24.2 Å². The van der Waals surface area contributed by atoms with Crippen LogP contribution in [0.4, 0.5) is 0 Å². The van der Waals surface area contributed by atoms with Crippen LogP contribution in [0.1, 0.15) is 27.6 Å². The number of rotatable bonds is 3. The Morgan fingerprint density at radius 3 is 1.59 bits per heavy atom. The summed E-state index contributed by atoms with van der Waals surface area (Å²) in [5.74, 6) is -0.271. The van der Waals surface area contributed by atoms with Gasteiger partial charge in [-0.05, 0) is 12.5 Å². The Balaban J connectivity index is 0.000000273. The van der Waals surface area contributed by atoms with Crippen LogP contribution in [0.5, 0.6) is 0 Å². The lowest BCUT2D eigenvalue weighted by Gasteiger charge is -2.09. The number of aliphatic hydroxyl groups is 1. The standard InChI is InChI=1S/C14H12O2.C7H8.H2O3S/c15-13(11-7-3-1-4-8-11)14(16)12-9-5-2-6-10-12;1-7-5-3-2-4-6-7;1-4(2)3/h1-10,13,15H;2-6H,1H3;(H2,1,2,3)/p-1. The van der Waals surface area contributed by atoms with Gasteiger partial charge in [0.05, 0.1) is 11.4 Å². The van der Waals surface area contributed by atoms with E-state index in [-0.39, 0.29) is 5.78 Å². The van der Waals surface area contributed by atoms with Gasteiger partial charge in [0.25, 0.3) is 0 Å². The van der Waals surface area contributed by atoms with E-state index in [1.807, 2.05) is 30.3 Å². The van der Waals surface area contributed by atoms with Gasteiger partial charge in [0.15, 0.2) is 5.78 Å². The molecule has 0 bridgehead atoms. The molecule has 0 aliphatic heterocycles. The predicted octanol–water partition coefficient (Wildman–Crippen LogP) is 3.94. The van der Waals surface area contributed by atoms with Gasteiger partial charge in [0.1, 0.15) is 6.10 Å². The molecule has 3 aromatic rings. The zero-order chi connectivity index (χ0) is 20.1. The highest BCUT2D eigenvalue weighted by molar-refractivity contribution is 7.73. The molecule has 0 aliphatic rings. The molecule has 0 aromatic heterocycles. The number of hydrogen-bond acceptors (Lipinski definition) is 4. The van der Waals surface area contributed by atoms with E-state index in [1.165, 1.54) is 5.56 Å². The Morgan fingerprint density at radius 1 is 0.852 bits per heavy atom. The topological polar surface area (TPSA) is 97.7 Å². The van der Waals surface area contributed by atoms with Crippen LogP contribution in [0.15, 0.2) is 91.0 Å². The normalized spacial score (nSPS) is 11.7. The van der Waals surface area contributed by atoms with Crippen molar-refractivity contribution in [3.05, 3.63) is 108 Å². The SMILES string of the molecule is Cc1ccccc1.O=C(c1ccccc1)C(O)c1ccccc1.O=S([O-])O. The summed E-state index contributed by atoms with van der Waals surface area (Å²) < 4.78 is 24.1. The quantitative estimate of drug-likeness (QED) is 0.526. The first-order valence-electron chi connectivity index (χ1n) is 8.04. The number of aryl methyl sites for hydroxylation is 1. The fourth-order valence-corrected chi connectivity index (χ4v) is 2.08. The molecular weight excluding hydrogens is 364 g/mol. The number of hydrogen-bond donors (Lipinski definition) is 2. The van der Waals surface area contributed by atoms with Crippen molar-refractivity contribution in [2.24, 2.45) is 0 Å². The monoisotopic (exact) mass is 385 g/mol. The minimum Gasteiger partial charge on any atom is -0.750 e. The summed E-state index contributed by atoms with van der Waals surface area (Å²) in [4.78, 5) is 11.9. The second kappa shape index (κ2) is 12.7. The highest BCUT2D eigenvalue weighted by Crippen LogP contribution is 2.17. The largest absolute Gasteiger partial charge is 0.750 e. The van der Waals surface area contributed by atoms with Gasteiger partial charge in [-0.3, -0.25) is 4.79 Å². The summed E-state index contributed by atoms with van der Waals surface area (Å²) in [5.41, 5.74) is 2.47. The maximum absolute atomic E-state index is 11.9. The Kier molecular flexibility index (Phi) is 10.5. The van der Waals surface area contributed by atoms with Gasteiger partial charge in [-0.25, -0.2) is 4.21 Å². The van der Waals surface area contributed by atoms with Crippen molar-refractivity contribution in [3.63, 3.8) is 0 Å². The van der Waals surface area contributed by atoms with E-state index in [4.69, 9.17) is 13.3 Å². The second-order valence-electron chi connectivity index (χ2n) is 5.42. The lowest BCUT2D eigenvalue weighted by molar-refractivity contribution is 0.0747. The summed E-state index contributed by atoms with van der Waals surface area (Å²) in [5, 5.41) is 9.89. The Morgan fingerprint density at radius 2 is 1.22 bits per heavy atom. The third-order valence-electron chi connectivity index (χ3n) is 3.36. The van der Waals surface area contributed by atoms with Gasteiger partial charge in [-0.1, -0.05) is 96.6 Å². The molecule has 0 spiro atoms. The first-order valence-corrected chi connectivity index (χ1v) is 9.07. The van der Waals surface area contributed by atoms with Gasteiger partial charge in [0, 0.05) is 5.56 Å². The number of Topliss-reactive ketones (excluding diaryl/α,β-unsaturated/α-hetero) is 1. The van der Waals surface area contributed by atoms with Gasteiger partial charge in [-0.2, -0.15) is 0 Å². The molecule has 0 aliphatic carbocycles. The molecule has 142 valence electrons. The molecule has 6 heteroatoms. The van der Waals surface area contributed by atoms with Crippen molar-refractivity contribution < 1.29 is 23.2 Å². The number of benzene rings is 3. The Labute approximate surface area is 161 Å². The molecule has 2 N–H and O–H groups in total. The molecule has 3 aromatic carbocycles. The first kappa shape index (κ1) is 22.4. The van der Waals surface area contributed by atoms with Crippen molar-refractivity contribution in [3.8, 4) is 0 Å². The Hall–Kier alpha value is -2.64. The van der Waals surface area contributed by atoms with E-state index in [2.05, 4.69) is 19.1 Å². The second-order valence-corrected chi connectivity index (χ2v) is 5.85. The lowest BCUT2D eigenvalue weighted by atomic mass is 10.0. The van der Waals surface area contributed by atoms with Crippen LogP contribution >= 0.6 is 0 Å². The minimum absolute atomic E-state index is 0.271. The van der Waals surface area contributed by atoms with E-state index in [0.717, 1.165) is 0 Å². The van der Waals surface area contributed by atoms with Crippen LogP contribution in [0.2, 0.25) is 0 Å². The molecule has 0 heterocycles. The molecule has 5 nitrogen and oxygen atoms in total. The van der Waals surface area contributed by atoms with Crippen LogP contribution in [0.3, 0.4) is 0 Å². The van der Waals surface area contributed by atoms with E-state index in [1.54, 1.807) is 48.5 Å². The summed E-state index contributed by atoms with van der Waals surface area (Å²) in [6, 6.07) is 28.0. The van der Waals surface area contributed by atoms with Gasteiger partial charge in [0.2, 0.25) is 0 Å². The molecular formula is C21H21O5S-. The number of carbonyl (C=O) groups excluding carboxylic acids is 1. The van der Waals surface area contributed by atoms with Crippen molar-refractivity contribution >= 4 is 17.1 Å². The highest BCUT2D eigenvalue weighted by Gasteiger charge is 2.18. The fraction of sp³-hybridized carbons (Fsp3) is 0.0952. The zero-order valence-corrected chi connectivity index (χ0v) is 15.6. The van der Waals surface area contributed by atoms with Crippen molar-refractivity contribution in [1.29, 1.82) is 0 Å². The third kappa shape index (κ3) is 9.58. The van der Waals surface area contributed by atoms with E-state index in [0.29, 0.717) is 11.1 Å². The van der Waals surface area contributed by atoms with E-state index in [9.17, 15) is 9.90 Å². The third-order valence-corrected chi connectivity index (χ3v) is 3.36. The number of ketones is 1. The minimum atomic E-state index is -2.86. The molecule has 0 saturated carbocycles. The summed E-state index contributed by atoms with van der Waals surface area (Å²) in [6.45, 7) is 2.08. The molecule has 27 heavy (non-hydrogen) atoms. The summed E-state index contributed by atoms with van der Waals surface area (Å²) in [6.07, 6.45) is -1.08. The summed E-state index contributed by atoms with van der Waals surface area (Å²) >= 11 is -2.86. The Bertz CT molecular complexity index is 804. The first-order chi connectivity index (χ1) is 12.9. The van der Waals surface area contributed by atoms with Crippen LogP contribution in [-0.2, 0) is 11.4 Å². The lowest BCUT2D eigenvalue weighted by Crippen LogP contribution is -2.11. The zero-order valence-electron chi connectivity index (χ0n) is 14.8. The average molecular weight is 385 g/mol. The number of aliphatic hydroxyl groups excluding tert-OH is 1. The van der Waals surface area contributed by atoms with Crippen molar-refractivity contribution in [2.75, 3.05) is 0 Å². The average Bonchev–Trinajstić information content (AvgIpc) is 2.69. The van der Waals surface area contributed by atoms with Crippen LogP contribution in [0, 0.1) is 6.92 Å². The molecule has 2 unspecified atom stereocenters. The van der Waals surface area contributed by atoms with Crippen LogP contribution in [0.25, 0.3) is 0 Å². The molecule has 0 amide bonds. The van der Waals surface area contributed by atoms with E-state index >= 15 is 0 Å². The molecule has 0 fully saturated rings. The molecule has 2 atom stereocenters.